The minimum Gasteiger partial charge on any atom is -0.299 e. The summed E-state index contributed by atoms with van der Waals surface area (Å²) in [5.41, 5.74) is 1.36. The fourth-order valence-corrected chi connectivity index (χ4v) is 3.76. The topological polar surface area (TPSA) is 17.1 Å². The molecule has 4 aromatic rings. The number of rotatable bonds is 5. The second kappa shape index (κ2) is 5.90. The summed E-state index contributed by atoms with van der Waals surface area (Å²) in [5, 5.41) is 7.99. The Labute approximate surface area is 142 Å². The van der Waals surface area contributed by atoms with E-state index >= 15 is 0 Å². The van der Waals surface area contributed by atoms with Crippen LogP contribution in [0.15, 0.2) is 54.6 Å². The molecule has 0 unspecified atom stereocenters. The van der Waals surface area contributed by atoms with Gasteiger partial charge >= 0.3 is 0 Å². The minimum atomic E-state index is 0.145. The molecule has 1 nitrogen and oxygen atoms in total. The van der Waals surface area contributed by atoms with Crippen LogP contribution in [0.25, 0.3) is 32.3 Å². The summed E-state index contributed by atoms with van der Waals surface area (Å²) in [6.07, 6.45) is 2.58. The Morgan fingerprint density at radius 3 is 2.17 bits per heavy atom. The van der Waals surface area contributed by atoms with E-state index in [1.54, 1.807) is 0 Å². The van der Waals surface area contributed by atoms with Crippen molar-refractivity contribution >= 4 is 38.1 Å². The monoisotopic (exact) mass is 314 g/mol. The highest BCUT2D eigenvalue weighted by Gasteiger charge is 2.11. The van der Waals surface area contributed by atoms with E-state index in [9.17, 15) is 4.79 Å². The van der Waals surface area contributed by atoms with Gasteiger partial charge in [0.15, 0.2) is 0 Å². The summed E-state index contributed by atoms with van der Waals surface area (Å²) in [5.74, 6) is 0.513. The molecule has 0 saturated carbocycles. The maximum atomic E-state index is 11.9. The number of hydrogen-bond donors (Lipinski definition) is 0. The molecule has 0 radical (unpaired) electrons. The van der Waals surface area contributed by atoms with Crippen molar-refractivity contribution in [2.45, 2.75) is 33.1 Å². The molecule has 0 atom stereocenters. The molecule has 120 valence electrons. The predicted octanol–water partition coefficient (Wildman–Crippen LogP) is 6.13. The first-order chi connectivity index (χ1) is 11.6. The lowest BCUT2D eigenvalue weighted by molar-refractivity contribution is -0.121. The highest BCUT2D eigenvalue weighted by Crippen LogP contribution is 2.36. The van der Waals surface area contributed by atoms with Crippen LogP contribution in [-0.2, 0) is 11.2 Å². The molecule has 0 aliphatic rings. The third-order valence-corrected chi connectivity index (χ3v) is 5.13. The number of ketones is 1. The highest BCUT2D eigenvalue weighted by molar-refractivity contribution is 6.23. The van der Waals surface area contributed by atoms with Crippen LogP contribution in [-0.4, -0.2) is 5.78 Å². The van der Waals surface area contributed by atoms with Gasteiger partial charge in [-0.2, -0.15) is 0 Å². The van der Waals surface area contributed by atoms with E-state index in [0.717, 1.165) is 12.8 Å². The van der Waals surface area contributed by atoms with Crippen LogP contribution >= 0.6 is 0 Å². The van der Waals surface area contributed by atoms with Crippen LogP contribution in [0, 0.1) is 5.92 Å². The normalized spacial score (nSPS) is 12.0. The van der Waals surface area contributed by atoms with Crippen LogP contribution < -0.4 is 0 Å². The van der Waals surface area contributed by atoms with E-state index in [1.165, 1.54) is 37.9 Å². The van der Waals surface area contributed by atoms with E-state index in [4.69, 9.17) is 0 Å². The molecule has 1 heteroatoms. The zero-order chi connectivity index (χ0) is 16.7. The quantitative estimate of drug-likeness (QED) is 0.405. The fourth-order valence-electron chi connectivity index (χ4n) is 3.76. The third kappa shape index (κ3) is 2.45. The first-order valence-corrected chi connectivity index (χ1v) is 8.83. The van der Waals surface area contributed by atoms with Gasteiger partial charge in [-0.3, -0.25) is 4.79 Å². The molecule has 4 aromatic carbocycles. The summed E-state index contributed by atoms with van der Waals surface area (Å²) in [7, 11) is 0. The van der Waals surface area contributed by atoms with Crippen molar-refractivity contribution in [3.8, 4) is 0 Å². The second-order valence-electron chi connectivity index (χ2n) is 7.06. The van der Waals surface area contributed by atoms with Gasteiger partial charge < -0.3 is 0 Å². The van der Waals surface area contributed by atoms with Crippen LogP contribution in [0.1, 0.15) is 32.3 Å². The molecule has 0 amide bonds. The van der Waals surface area contributed by atoms with Crippen molar-refractivity contribution in [1.82, 2.24) is 0 Å². The number of carbonyl (C=O) groups is 1. The molecule has 0 saturated heterocycles. The largest absolute Gasteiger partial charge is 0.299 e. The Bertz CT molecular complexity index is 1010. The number of hydrogen-bond acceptors (Lipinski definition) is 1. The van der Waals surface area contributed by atoms with E-state index in [2.05, 4.69) is 54.6 Å². The van der Waals surface area contributed by atoms with Gasteiger partial charge in [-0.25, -0.2) is 0 Å². The molecular weight excluding hydrogens is 292 g/mol. The number of aryl methyl sites for hydroxylation is 1. The Morgan fingerprint density at radius 1 is 0.833 bits per heavy atom. The molecule has 4 rings (SSSR count). The molecule has 24 heavy (non-hydrogen) atoms. The van der Waals surface area contributed by atoms with E-state index in [-0.39, 0.29) is 5.92 Å². The average Bonchev–Trinajstić information content (AvgIpc) is 2.60. The van der Waals surface area contributed by atoms with Crippen molar-refractivity contribution in [2.24, 2.45) is 5.92 Å². The maximum absolute atomic E-state index is 11.9. The highest BCUT2D eigenvalue weighted by atomic mass is 16.1. The van der Waals surface area contributed by atoms with Gasteiger partial charge in [-0.1, -0.05) is 68.4 Å². The third-order valence-electron chi connectivity index (χ3n) is 5.13. The number of carbonyl (C=O) groups excluding carboxylic acids is 1. The Morgan fingerprint density at radius 2 is 1.46 bits per heavy atom. The van der Waals surface area contributed by atoms with Gasteiger partial charge in [0.25, 0.3) is 0 Å². The maximum Gasteiger partial charge on any atom is 0.135 e. The Hall–Kier alpha value is -2.41. The van der Waals surface area contributed by atoms with Crippen molar-refractivity contribution in [3.63, 3.8) is 0 Å². The molecule has 0 fully saturated rings. The summed E-state index contributed by atoms with van der Waals surface area (Å²) in [6, 6.07) is 19.9. The smallest absolute Gasteiger partial charge is 0.135 e. The van der Waals surface area contributed by atoms with Gasteiger partial charge in [-0.05, 0) is 50.7 Å². The summed E-state index contributed by atoms with van der Waals surface area (Å²) in [4.78, 5) is 11.9. The lowest BCUT2D eigenvalue weighted by Gasteiger charge is -2.14. The van der Waals surface area contributed by atoms with E-state index in [1.807, 2.05) is 13.8 Å². The molecule has 0 aromatic heterocycles. The van der Waals surface area contributed by atoms with Crippen molar-refractivity contribution in [1.29, 1.82) is 0 Å². The average molecular weight is 314 g/mol. The first kappa shape index (κ1) is 15.1. The van der Waals surface area contributed by atoms with E-state index in [0.29, 0.717) is 12.2 Å². The molecular formula is C23H22O. The lowest BCUT2D eigenvalue weighted by atomic mass is 9.90. The van der Waals surface area contributed by atoms with Gasteiger partial charge in [-0.15, -0.1) is 0 Å². The molecule has 0 spiro atoms. The van der Waals surface area contributed by atoms with Crippen LogP contribution in [0.2, 0.25) is 0 Å². The first-order valence-electron chi connectivity index (χ1n) is 8.83. The van der Waals surface area contributed by atoms with Gasteiger partial charge in [0.05, 0.1) is 0 Å². The van der Waals surface area contributed by atoms with Crippen molar-refractivity contribution in [3.05, 3.63) is 60.2 Å². The zero-order valence-corrected chi connectivity index (χ0v) is 14.3. The van der Waals surface area contributed by atoms with Crippen molar-refractivity contribution < 1.29 is 4.79 Å². The van der Waals surface area contributed by atoms with Gasteiger partial charge in [0, 0.05) is 12.3 Å². The van der Waals surface area contributed by atoms with Crippen LogP contribution in [0.5, 0.6) is 0 Å². The lowest BCUT2D eigenvalue weighted by Crippen LogP contribution is -2.06. The Balaban J connectivity index is 1.78. The van der Waals surface area contributed by atoms with Crippen molar-refractivity contribution in [2.75, 3.05) is 0 Å². The zero-order valence-electron chi connectivity index (χ0n) is 14.3. The van der Waals surface area contributed by atoms with Crippen LogP contribution in [0.3, 0.4) is 0 Å². The molecule has 0 aliphatic heterocycles. The van der Waals surface area contributed by atoms with Gasteiger partial charge in [0.2, 0.25) is 0 Å². The molecule has 0 bridgehead atoms. The summed E-state index contributed by atoms with van der Waals surface area (Å²) >= 11 is 0. The molecule has 0 N–H and O–H groups in total. The van der Waals surface area contributed by atoms with E-state index < -0.39 is 0 Å². The fraction of sp³-hybridized carbons (Fsp3) is 0.261. The standard InChI is InChI=1S/C23H22O/c1-15(2)21(24)8-4-5-16-9-10-19-12-11-17-6-3-7-18-13-14-20(16)23(19)22(17)18/h3,6-7,9-15H,4-5,8H2,1-2H3. The molecule has 0 aliphatic carbocycles. The SMILES string of the molecule is CC(C)C(=O)CCCc1ccc2ccc3cccc4ccc1c2c34. The minimum absolute atomic E-state index is 0.145. The van der Waals surface area contributed by atoms with Gasteiger partial charge in [0.1, 0.15) is 5.78 Å². The predicted molar refractivity (Wildman–Crippen MR) is 103 cm³/mol. The number of Topliss-reactive ketones (excluding diaryl/α,β-unsaturated/α-hetero) is 1. The number of benzene rings is 4. The van der Waals surface area contributed by atoms with Crippen LogP contribution in [0.4, 0.5) is 0 Å². The summed E-state index contributed by atoms with van der Waals surface area (Å²) < 4.78 is 0. The Kier molecular flexibility index (Phi) is 3.72. The second-order valence-corrected chi connectivity index (χ2v) is 7.06. The molecule has 0 heterocycles. The summed E-state index contributed by atoms with van der Waals surface area (Å²) in [6.45, 7) is 3.97.